The third-order valence-electron chi connectivity index (χ3n) is 2.18. The van der Waals surface area contributed by atoms with Gasteiger partial charge in [0.15, 0.2) is 9.84 Å². The molecule has 4 nitrogen and oxygen atoms in total. The maximum absolute atomic E-state index is 11.4. The molecule has 0 aliphatic rings. The summed E-state index contributed by atoms with van der Waals surface area (Å²) in [5.74, 6) is -0.269. The number of carbonyl (C=O) groups excluding carboxylic acids is 1. The van der Waals surface area contributed by atoms with Gasteiger partial charge in [-0.05, 0) is 38.1 Å². The molecule has 0 radical (unpaired) electrons. The van der Waals surface area contributed by atoms with Crippen molar-refractivity contribution in [3.8, 4) is 0 Å². The van der Waals surface area contributed by atoms with Crippen LogP contribution in [0.2, 0.25) is 0 Å². The molecule has 1 atom stereocenters. The van der Waals surface area contributed by atoms with Crippen molar-refractivity contribution in [2.24, 2.45) is 0 Å². The number of carbonyl (C=O) groups is 1. The molecule has 0 fully saturated rings. The van der Waals surface area contributed by atoms with Gasteiger partial charge in [0.1, 0.15) is 5.25 Å². The molecule has 100 valence electrons. The molecular weight excluding hydrogens is 272 g/mol. The van der Waals surface area contributed by atoms with Gasteiger partial charge in [0.25, 0.3) is 0 Å². The SMILES string of the molecule is CCOC(=O)C(C)Sc1ccc(S(C)(=O)=O)cc1. The lowest BCUT2D eigenvalue weighted by molar-refractivity contribution is -0.142. The quantitative estimate of drug-likeness (QED) is 0.613. The summed E-state index contributed by atoms with van der Waals surface area (Å²) in [5.41, 5.74) is 0. The van der Waals surface area contributed by atoms with Gasteiger partial charge in [0.05, 0.1) is 11.5 Å². The van der Waals surface area contributed by atoms with Crippen molar-refractivity contribution in [1.82, 2.24) is 0 Å². The molecule has 1 unspecified atom stereocenters. The smallest absolute Gasteiger partial charge is 0.319 e. The van der Waals surface area contributed by atoms with Gasteiger partial charge < -0.3 is 4.74 Å². The lowest BCUT2D eigenvalue weighted by Crippen LogP contribution is -2.16. The van der Waals surface area contributed by atoms with Gasteiger partial charge >= 0.3 is 5.97 Å². The van der Waals surface area contributed by atoms with Crippen LogP contribution >= 0.6 is 11.8 Å². The second kappa shape index (κ2) is 6.24. The Balaban J connectivity index is 2.73. The predicted molar refractivity (Wildman–Crippen MR) is 71.5 cm³/mol. The second-order valence-electron chi connectivity index (χ2n) is 3.76. The third-order valence-corrected chi connectivity index (χ3v) is 4.40. The van der Waals surface area contributed by atoms with Crippen LogP contribution in [-0.4, -0.2) is 32.5 Å². The fourth-order valence-electron chi connectivity index (χ4n) is 1.28. The van der Waals surface area contributed by atoms with Crippen LogP contribution in [0.5, 0.6) is 0 Å². The zero-order chi connectivity index (χ0) is 13.8. The molecule has 0 bridgehead atoms. The van der Waals surface area contributed by atoms with E-state index in [1.807, 2.05) is 0 Å². The third kappa shape index (κ3) is 4.34. The van der Waals surface area contributed by atoms with E-state index < -0.39 is 9.84 Å². The predicted octanol–water partition coefficient (Wildman–Crippen LogP) is 2.13. The fraction of sp³-hybridized carbons (Fsp3) is 0.417. The Morgan fingerprint density at radius 2 is 1.89 bits per heavy atom. The molecule has 1 aromatic rings. The monoisotopic (exact) mass is 288 g/mol. The number of ether oxygens (including phenoxy) is 1. The summed E-state index contributed by atoms with van der Waals surface area (Å²) < 4.78 is 27.5. The van der Waals surface area contributed by atoms with Crippen molar-refractivity contribution < 1.29 is 17.9 Å². The molecule has 1 rings (SSSR count). The van der Waals surface area contributed by atoms with Crippen LogP contribution < -0.4 is 0 Å². The summed E-state index contributed by atoms with van der Waals surface area (Å²) in [6.45, 7) is 3.88. The van der Waals surface area contributed by atoms with Crippen molar-refractivity contribution in [3.05, 3.63) is 24.3 Å². The lowest BCUT2D eigenvalue weighted by Gasteiger charge is -2.10. The zero-order valence-corrected chi connectivity index (χ0v) is 12.2. The minimum Gasteiger partial charge on any atom is -0.465 e. The number of esters is 1. The first-order valence-electron chi connectivity index (χ1n) is 5.48. The van der Waals surface area contributed by atoms with E-state index in [1.54, 1.807) is 26.0 Å². The fourth-order valence-corrected chi connectivity index (χ4v) is 2.77. The van der Waals surface area contributed by atoms with E-state index >= 15 is 0 Å². The minimum atomic E-state index is -3.17. The maximum atomic E-state index is 11.4. The Labute approximate surface area is 112 Å². The van der Waals surface area contributed by atoms with Crippen molar-refractivity contribution in [3.63, 3.8) is 0 Å². The Bertz CT molecular complexity index is 505. The molecule has 0 N–H and O–H groups in total. The molecule has 0 aliphatic heterocycles. The van der Waals surface area contributed by atoms with Crippen molar-refractivity contribution in [1.29, 1.82) is 0 Å². The summed E-state index contributed by atoms with van der Waals surface area (Å²) in [7, 11) is -3.17. The van der Waals surface area contributed by atoms with Crippen LogP contribution in [0, 0.1) is 0 Å². The molecular formula is C12H16O4S2. The van der Waals surface area contributed by atoms with Crippen LogP contribution in [0.25, 0.3) is 0 Å². The van der Waals surface area contributed by atoms with Crippen LogP contribution in [0.3, 0.4) is 0 Å². The minimum absolute atomic E-state index is 0.269. The summed E-state index contributed by atoms with van der Waals surface area (Å²) in [6.07, 6.45) is 1.16. The highest BCUT2D eigenvalue weighted by Gasteiger charge is 2.15. The molecule has 0 spiro atoms. The molecule has 0 aliphatic carbocycles. The lowest BCUT2D eigenvalue weighted by atomic mass is 10.4. The van der Waals surface area contributed by atoms with E-state index in [-0.39, 0.29) is 16.1 Å². The number of hydrogen-bond donors (Lipinski definition) is 0. The van der Waals surface area contributed by atoms with Gasteiger partial charge in [-0.3, -0.25) is 4.79 Å². The largest absolute Gasteiger partial charge is 0.465 e. The van der Waals surface area contributed by atoms with Crippen LogP contribution in [0.15, 0.2) is 34.1 Å². The molecule has 18 heavy (non-hydrogen) atoms. The first kappa shape index (κ1) is 15.0. The van der Waals surface area contributed by atoms with Crippen LogP contribution in [0.4, 0.5) is 0 Å². The number of hydrogen-bond acceptors (Lipinski definition) is 5. The average Bonchev–Trinajstić information content (AvgIpc) is 2.28. The average molecular weight is 288 g/mol. The molecule has 1 aromatic carbocycles. The first-order valence-corrected chi connectivity index (χ1v) is 8.25. The van der Waals surface area contributed by atoms with E-state index in [4.69, 9.17) is 4.74 Å². The van der Waals surface area contributed by atoms with Gasteiger partial charge in [-0.15, -0.1) is 11.8 Å². The first-order chi connectivity index (χ1) is 8.34. The van der Waals surface area contributed by atoms with Gasteiger partial charge in [0.2, 0.25) is 0 Å². The second-order valence-corrected chi connectivity index (χ2v) is 7.19. The highest BCUT2D eigenvalue weighted by Crippen LogP contribution is 2.25. The topological polar surface area (TPSA) is 60.4 Å². The van der Waals surface area contributed by atoms with Gasteiger partial charge in [-0.1, -0.05) is 0 Å². The maximum Gasteiger partial charge on any atom is 0.319 e. The molecule has 6 heteroatoms. The van der Waals surface area contributed by atoms with E-state index in [9.17, 15) is 13.2 Å². The normalized spacial score (nSPS) is 13.1. The highest BCUT2D eigenvalue weighted by molar-refractivity contribution is 8.00. The van der Waals surface area contributed by atoms with Crippen LogP contribution in [-0.2, 0) is 19.4 Å². The number of benzene rings is 1. The highest BCUT2D eigenvalue weighted by atomic mass is 32.2. The Morgan fingerprint density at radius 3 is 2.33 bits per heavy atom. The summed E-state index contributed by atoms with van der Waals surface area (Å²) in [6, 6.07) is 6.46. The molecule has 0 aromatic heterocycles. The molecule has 0 amide bonds. The number of rotatable bonds is 5. The van der Waals surface area contributed by atoms with Crippen molar-refractivity contribution in [2.75, 3.05) is 12.9 Å². The van der Waals surface area contributed by atoms with Gasteiger partial charge in [0, 0.05) is 11.2 Å². The van der Waals surface area contributed by atoms with E-state index in [1.165, 1.54) is 23.9 Å². The van der Waals surface area contributed by atoms with Gasteiger partial charge in [-0.25, -0.2) is 8.42 Å². The van der Waals surface area contributed by atoms with Gasteiger partial charge in [-0.2, -0.15) is 0 Å². The van der Waals surface area contributed by atoms with Crippen molar-refractivity contribution >= 4 is 27.6 Å². The van der Waals surface area contributed by atoms with Crippen LogP contribution in [0.1, 0.15) is 13.8 Å². The Hall–Kier alpha value is -1.01. The Morgan fingerprint density at radius 1 is 1.33 bits per heavy atom. The standard InChI is InChI=1S/C12H16O4S2/c1-4-16-12(13)9(2)17-10-5-7-11(8-6-10)18(3,14)15/h5-9H,4H2,1-3H3. The van der Waals surface area contributed by atoms with E-state index in [0.29, 0.717) is 6.61 Å². The zero-order valence-electron chi connectivity index (χ0n) is 10.5. The summed E-state index contributed by atoms with van der Waals surface area (Å²) in [5, 5.41) is -0.311. The number of thioether (sulfide) groups is 1. The molecule has 0 saturated heterocycles. The van der Waals surface area contributed by atoms with E-state index in [2.05, 4.69) is 0 Å². The van der Waals surface area contributed by atoms with Crippen molar-refractivity contribution in [2.45, 2.75) is 28.9 Å². The summed E-state index contributed by atoms with van der Waals surface area (Å²) >= 11 is 1.34. The summed E-state index contributed by atoms with van der Waals surface area (Å²) in [4.78, 5) is 12.5. The Kier molecular flexibility index (Phi) is 5.22. The number of sulfone groups is 1. The molecule has 0 heterocycles. The van der Waals surface area contributed by atoms with E-state index in [0.717, 1.165) is 11.2 Å². The molecule has 0 saturated carbocycles.